The number of carbonyl (C=O) groups is 2. The molecule has 5 rings (SSSR count). The van der Waals surface area contributed by atoms with Gasteiger partial charge in [0.2, 0.25) is 0 Å². The summed E-state index contributed by atoms with van der Waals surface area (Å²) in [7, 11) is 1.59. The molecule has 1 aromatic heterocycles. The first-order valence-corrected chi connectivity index (χ1v) is 13.6. The maximum Gasteiger partial charge on any atom is 0.410 e. The molecular weight excluding hydrogens is 528 g/mol. The molecule has 0 bridgehead atoms. The molecule has 11 heteroatoms. The Bertz CT molecular complexity index is 1530. The molecule has 1 aliphatic heterocycles. The van der Waals surface area contributed by atoms with Gasteiger partial charge in [-0.3, -0.25) is 19.9 Å². The van der Waals surface area contributed by atoms with Crippen LogP contribution in [0.1, 0.15) is 61.5 Å². The highest BCUT2D eigenvalue weighted by Crippen LogP contribution is 2.49. The third kappa shape index (κ3) is 5.75. The molecule has 216 valence electrons. The first kappa shape index (κ1) is 28.1. The predicted octanol–water partition coefficient (Wildman–Crippen LogP) is 5.27. The number of methoxy groups -OCH3 is 1. The Hall–Kier alpha value is -4.41. The Morgan fingerprint density at radius 1 is 1.22 bits per heavy atom. The van der Waals surface area contributed by atoms with E-state index in [-0.39, 0.29) is 35.6 Å². The maximum atomic E-state index is 13.6. The van der Waals surface area contributed by atoms with E-state index in [9.17, 15) is 19.7 Å². The van der Waals surface area contributed by atoms with Crippen molar-refractivity contribution in [2.75, 3.05) is 20.3 Å². The van der Waals surface area contributed by atoms with Crippen LogP contribution in [0.4, 0.5) is 10.5 Å². The zero-order chi connectivity index (χ0) is 29.5. The van der Waals surface area contributed by atoms with Crippen molar-refractivity contribution in [3.63, 3.8) is 0 Å². The van der Waals surface area contributed by atoms with Crippen LogP contribution >= 0.6 is 0 Å². The number of pyridine rings is 1. The lowest BCUT2D eigenvalue weighted by Crippen LogP contribution is -2.55. The summed E-state index contributed by atoms with van der Waals surface area (Å²) in [6.07, 6.45) is 3.40. The second kappa shape index (κ2) is 10.5. The van der Waals surface area contributed by atoms with Gasteiger partial charge in [-0.05, 0) is 70.2 Å². The van der Waals surface area contributed by atoms with E-state index in [1.54, 1.807) is 45.9 Å². The number of likely N-dealkylation sites (tertiary alicyclic amines) is 1. The van der Waals surface area contributed by atoms with Crippen LogP contribution in [-0.2, 0) is 10.3 Å². The minimum absolute atomic E-state index is 0.0253. The summed E-state index contributed by atoms with van der Waals surface area (Å²) in [5.74, 6) is 0.256. The number of nitrogens with zero attached hydrogens (tertiary/aromatic N) is 3. The number of nitrogens with one attached hydrogen (secondary N) is 1. The SMILES string of the molecule is COc1cc(C2(NC(=O)c3cc(OCC4CCN4C(=O)OC(C)(C)C)c([N+](=O)[O-])cc3C)CC2)c2cccnc2c1. The zero-order valence-corrected chi connectivity index (χ0v) is 23.9. The van der Waals surface area contributed by atoms with Gasteiger partial charge in [0, 0.05) is 41.9 Å². The third-order valence-electron chi connectivity index (χ3n) is 7.50. The van der Waals surface area contributed by atoms with Crippen LogP contribution in [-0.4, -0.2) is 58.7 Å². The van der Waals surface area contributed by atoms with Crippen molar-refractivity contribution in [1.29, 1.82) is 0 Å². The number of benzene rings is 2. The molecule has 2 fully saturated rings. The van der Waals surface area contributed by atoms with E-state index in [4.69, 9.17) is 14.2 Å². The van der Waals surface area contributed by atoms with Crippen LogP contribution in [0, 0.1) is 17.0 Å². The third-order valence-corrected chi connectivity index (χ3v) is 7.50. The van der Waals surface area contributed by atoms with Gasteiger partial charge in [0.1, 0.15) is 18.0 Å². The van der Waals surface area contributed by atoms with Gasteiger partial charge in [-0.1, -0.05) is 6.07 Å². The van der Waals surface area contributed by atoms with Gasteiger partial charge in [0.25, 0.3) is 5.91 Å². The smallest absolute Gasteiger partial charge is 0.410 e. The van der Waals surface area contributed by atoms with Crippen molar-refractivity contribution in [2.45, 2.75) is 64.1 Å². The standard InChI is InChI=1S/C30H34N4O7/c1-18-13-25(34(37)38)26(40-17-19-8-12-33(19)28(36)41-29(2,3)4)16-22(18)27(35)32-30(9-10-30)23-14-20(39-5)15-24-21(23)7-6-11-31-24/h6-7,11,13-16,19H,8-10,12,17H2,1-5H3,(H,32,35). The number of fused-ring (bicyclic) bond motifs is 1. The Labute approximate surface area is 237 Å². The Kier molecular flexibility index (Phi) is 7.23. The predicted molar refractivity (Wildman–Crippen MR) is 151 cm³/mol. The summed E-state index contributed by atoms with van der Waals surface area (Å²) in [5, 5.41) is 15.9. The van der Waals surface area contributed by atoms with E-state index in [0.29, 0.717) is 24.3 Å². The fourth-order valence-electron chi connectivity index (χ4n) is 5.08. The fraction of sp³-hybridized carbons (Fsp3) is 0.433. The summed E-state index contributed by atoms with van der Waals surface area (Å²) >= 11 is 0. The van der Waals surface area contributed by atoms with Gasteiger partial charge < -0.3 is 24.4 Å². The van der Waals surface area contributed by atoms with Gasteiger partial charge in [-0.25, -0.2) is 4.79 Å². The first-order chi connectivity index (χ1) is 19.4. The number of hydrogen-bond acceptors (Lipinski definition) is 8. The monoisotopic (exact) mass is 562 g/mol. The molecule has 0 spiro atoms. The lowest BCUT2D eigenvalue weighted by molar-refractivity contribution is -0.386. The normalized spacial score (nSPS) is 17.4. The Morgan fingerprint density at radius 3 is 2.59 bits per heavy atom. The molecule has 11 nitrogen and oxygen atoms in total. The first-order valence-electron chi connectivity index (χ1n) is 13.6. The van der Waals surface area contributed by atoms with Crippen LogP contribution in [0.2, 0.25) is 0 Å². The number of aromatic nitrogens is 1. The lowest BCUT2D eigenvalue weighted by atomic mass is 9.97. The van der Waals surface area contributed by atoms with E-state index in [0.717, 1.165) is 29.3 Å². The van der Waals surface area contributed by atoms with Gasteiger partial charge >= 0.3 is 11.8 Å². The van der Waals surface area contributed by atoms with Crippen LogP contribution in [0.15, 0.2) is 42.6 Å². The highest BCUT2D eigenvalue weighted by Gasteiger charge is 2.47. The second-order valence-corrected chi connectivity index (χ2v) is 11.6. The molecule has 1 saturated carbocycles. The van der Waals surface area contributed by atoms with Crippen LogP contribution in [0.3, 0.4) is 0 Å². The Morgan fingerprint density at radius 2 is 1.98 bits per heavy atom. The van der Waals surface area contributed by atoms with Crippen molar-refractivity contribution in [3.05, 3.63) is 69.4 Å². The van der Waals surface area contributed by atoms with E-state index >= 15 is 0 Å². The number of amides is 2. The van der Waals surface area contributed by atoms with Crippen molar-refractivity contribution in [3.8, 4) is 11.5 Å². The average Bonchev–Trinajstić information content (AvgIpc) is 3.66. The lowest BCUT2D eigenvalue weighted by Gasteiger charge is -2.40. The molecule has 3 aromatic rings. The molecule has 1 atom stereocenters. The highest BCUT2D eigenvalue weighted by molar-refractivity contribution is 5.98. The molecule has 2 aliphatic rings. The van der Waals surface area contributed by atoms with E-state index in [1.807, 2.05) is 24.3 Å². The number of aryl methyl sites for hydroxylation is 1. The second-order valence-electron chi connectivity index (χ2n) is 11.6. The zero-order valence-electron chi connectivity index (χ0n) is 23.9. The van der Waals surface area contributed by atoms with Gasteiger partial charge in [-0.2, -0.15) is 0 Å². The van der Waals surface area contributed by atoms with E-state index in [1.165, 1.54) is 12.1 Å². The summed E-state index contributed by atoms with van der Waals surface area (Å²) in [4.78, 5) is 43.4. The van der Waals surface area contributed by atoms with Crippen molar-refractivity contribution in [1.82, 2.24) is 15.2 Å². The summed E-state index contributed by atoms with van der Waals surface area (Å²) in [5.41, 5.74) is 0.920. The van der Waals surface area contributed by atoms with E-state index < -0.39 is 22.2 Å². The van der Waals surface area contributed by atoms with Crippen molar-refractivity contribution in [2.24, 2.45) is 0 Å². The summed E-state index contributed by atoms with van der Waals surface area (Å²) in [6, 6.07) is 10.1. The van der Waals surface area contributed by atoms with Gasteiger partial charge in [0.15, 0.2) is 5.75 Å². The quantitative estimate of drug-likeness (QED) is 0.290. The van der Waals surface area contributed by atoms with Crippen LogP contribution in [0.25, 0.3) is 10.9 Å². The Balaban J connectivity index is 1.38. The molecule has 2 amide bonds. The molecule has 1 aliphatic carbocycles. The molecule has 1 saturated heterocycles. The number of nitro benzene ring substituents is 1. The molecular formula is C30H34N4O7. The minimum Gasteiger partial charge on any atom is -0.497 e. The van der Waals surface area contributed by atoms with Gasteiger partial charge in [-0.15, -0.1) is 0 Å². The van der Waals surface area contributed by atoms with Crippen LogP contribution in [0.5, 0.6) is 11.5 Å². The molecule has 0 radical (unpaired) electrons. The van der Waals surface area contributed by atoms with Crippen molar-refractivity contribution >= 4 is 28.6 Å². The average molecular weight is 563 g/mol. The molecule has 2 heterocycles. The fourth-order valence-corrected chi connectivity index (χ4v) is 5.08. The molecule has 2 aromatic carbocycles. The topological polar surface area (TPSA) is 133 Å². The summed E-state index contributed by atoms with van der Waals surface area (Å²) in [6.45, 7) is 7.58. The van der Waals surface area contributed by atoms with Gasteiger partial charge in [0.05, 0.1) is 29.1 Å². The highest BCUT2D eigenvalue weighted by atomic mass is 16.6. The van der Waals surface area contributed by atoms with E-state index in [2.05, 4.69) is 10.3 Å². The molecule has 1 N–H and O–H groups in total. The van der Waals surface area contributed by atoms with Crippen molar-refractivity contribution < 1.29 is 28.7 Å². The molecule has 1 unspecified atom stereocenters. The van der Waals surface area contributed by atoms with Crippen LogP contribution < -0.4 is 14.8 Å². The number of ether oxygens (including phenoxy) is 3. The number of nitro groups is 1. The number of hydrogen-bond donors (Lipinski definition) is 1. The largest absolute Gasteiger partial charge is 0.497 e. The molecule has 41 heavy (non-hydrogen) atoms. The minimum atomic E-state index is -0.636. The summed E-state index contributed by atoms with van der Waals surface area (Å²) < 4.78 is 16.8. The number of carbonyl (C=O) groups excluding carboxylic acids is 2. The maximum absolute atomic E-state index is 13.6. The number of rotatable bonds is 8.